The lowest BCUT2D eigenvalue weighted by molar-refractivity contribution is -0.126. The zero-order valence-corrected chi connectivity index (χ0v) is 12.4. The van der Waals surface area contributed by atoms with Crippen molar-refractivity contribution in [1.29, 1.82) is 0 Å². The van der Waals surface area contributed by atoms with Crippen molar-refractivity contribution in [3.63, 3.8) is 0 Å². The van der Waals surface area contributed by atoms with E-state index >= 15 is 0 Å². The highest BCUT2D eigenvalue weighted by atomic mass is 16.2. The molecule has 1 spiro atoms. The molecule has 1 aliphatic heterocycles. The van der Waals surface area contributed by atoms with Crippen LogP contribution in [-0.4, -0.2) is 11.8 Å². The van der Waals surface area contributed by atoms with Crippen molar-refractivity contribution < 1.29 is 9.59 Å². The van der Waals surface area contributed by atoms with Gasteiger partial charge in [0.1, 0.15) is 0 Å². The number of benzene rings is 1. The van der Waals surface area contributed by atoms with E-state index in [4.69, 9.17) is 0 Å². The first-order chi connectivity index (χ1) is 10.0. The zero-order chi connectivity index (χ0) is 14.8. The van der Waals surface area contributed by atoms with Crippen LogP contribution in [0.15, 0.2) is 30.4 Å². The Morgan fingerprint density at radius 1 is 1.14 bits per heavy atom. The van der Waals surface area contributed by atoms with Gasteiger partial charge in [-0.2, -0.15) is 0 Å². The number of amides is 2. The van der Waals surface area contributed by atoms with Crippen molar-refractivity contribution in [2.45, 2.75) is 33.1 Å². The molecule has 3 aliphatic rings. The van der Waals surface area contributed by atoms with Gasteiger partial charge < -0.3 is 0 Å². The van der Waals surface area contributed by atoms with Crippen LogP contribution in [0.3, 0.4) is 0 Å². The number of carbonyl (C=O) groups excluding carboxylic acids is 2. The molecule has 1 aromatic carbocycles. The van der Waals surface area contributed by atoms with Gasteiger partial charge in [0.15, 0.2) is 0 Å². The third-order valence-electron chi connectivity index (χ3n) is 5.60. The third kappa shape index (κ3) is 1.60. The summed E-state index contributed by atoms with van der Waals surface area (Å²) in [6.45, 7) is 4.05. The Kier molecular flexibility index (Phi) is 2.48. The van der Waals surface area contributed by atoms with Crippen molar-refractivity contribution in [3.05, 3.63) is 41.5 Å². The summed E-state index contributed by atoms with van der Waals surface area (Å²) in [4.78, 5) is 26.9. The van der Waals surface area contributed by atoms with Gasteiger partial charge in [-0.05, 0) is 61.8 Å². The number of rotatable bonds is 1. The number of fused-ring (bicyclic) bond motifs is 3. The maximum absolute atomic E-state index is 13.0. The first-order valence-corrected chi connectivity index (χ1v) is 7.64. The minimum absolute atomic E-state index is 0.0209. The van der Waals surface area contributed by atoms with Crippen LogP contribution in [0.2, 0.25) is 0 Å². The third-order valence-corrected chi connectivity index (χ3v) is 5.60. The SMILES string of the molecule is Cc1ccc(N2C(=O)C[C@]3(C[C@@H]4C=C[C@H]3C4)C2=O)cc1C. The monoisotopic (exact) mass is 281 g/mol. The molecule has 0 radical (unpaired) electrons. The molecule has 1 saturated heterocycles. The summed E-state index contributed by atoms with van der Waals surface area (Å²) in [7, 11) is 0. The van der Waals surface area contributed by atoms with E-state index in [1.54, 1.807) is 0 Å². The first kappa shape index (κ1) is 12.8. The molecule has 0 aromatic heterocycles. The summed E-state index contributed by atoms with van der Waals surface area (Å²) in [6, 6.07) is 5.82. The van der Waals surface area contributed by atoms with E-state index < -0.39 is 5.41 Å². The van der Waals surface area contributed by atoms with Gasteiger partial charge in [-0.3, -0.25) is 14.5 Å². The fraction of sp³-hybridized carbons (Fsp3) is 0.444. The molecule has 2 fully saturated rings. The minimum atomic E-state index is -0.449. The Hall–Kier alpha value is -1.90. The van der Waals surface area contributed by atoms with Gasteiger partial charge in [0, 0.05) is 6.42 Å². The number of imide groups is 1. The van der Waals surface area contributed by atoms with Gasteiger partial charge >= 0.3 is 0 Å². The molecule has 3 nitrogen and oxygen atoms in total. The van der Waals surface area contributed by atoms with E-state index in [1.807, 2.05) is 32.0 Å². The molecule has 4 rings (SSSR count). The highest BCUT2D eigenvalue weighted by Crippen LogP contribution is 2.57. The van der Waals surface area contributed by atoms with Crippen molar-refractivity contribution in [3.8, 4) is 0 Å². The first-order valence-electron chi connectivity index (χ1n) is 7.64. The number of anilines is 1. The largest absolute Gasteiger partial charge is 0.274 e. The fourth-order valence-electron chi connectivity index (χ4n) is 4.29. The van der Waals surface area contributed by atoms with Crippen LogP contribution in [0, 0.1) is 31.1 Å². The molecule has 1 saturated carbocycles. The lowest BCUT2D eigenvalue weighted by Crippen LogP contribution is -2.38. The second-order valence-corrected chi connectivity index (χ2v) is 6.83. The van der Waals surface area contributed by atoms with E-state index in [1.165, 1.54) is 10.5 Å². The molecule has 2 bridgehead atoms. The topological polar surface area (TPSA) is 37.4 Å². The molecule has 21 heavy (non-hydrogen) atoms. The van der Waals surface area contributed by atoms with Crippen molar-refractivity contribution in [1.82, 2.24) is 0 Å². The Balaban J connectivity index is 1.74. The van der Waals surface area contributed by atoms with Gasteiger partial charge in [0.25, 0.3) is 0 Å². The van der Waals surface area contributed by atoms with Crippen LogP contribution in [0.1, 0.15) is 30.4 Å². The standard InChI is InChI=1S/C18H19NO2/c1-11-3-6-15(7-12(11)2)19-16(20)10-18(17(19)21)9-13-4-5-14(18)8-13/h3-7,13-14H,8-10H2,1-2H3/t13-,14+,18+/m1/s1. The predicted octanol–water partition coefficient (Wildman–Crippen LogP) is 3.15. The minimum Gasteiger partial charge on any atom is -0.274 e. The summed E-state index contributed by atoms with van der Waals surface area (Å²) in [5.74, 6) is 0.735. The van der Waals surface area contributed by atoms with Gasteiger partial charge in [-0.15, -0.1) is 0 Å². The molecular formula is C18H19NO2. The summed E-state index contributed by atoms with van der Waals surface area (Å²) in [5.41, 5.74) is 2.57. The van der Waals surface area contributed by atoms with Crippen LogP contribution < -0.4 is 4.90 Å². The molecule has 0 N–H and O–H groups in total. The van der Waals surface area contributed by atoms with Gasteiger partial charge in [-0.1, -0.05) is 18.2 Å². The predicted molar refractivity (Wildman–Crippen MR) is 80.8 cm³/mol. The average Bonchev–Trinajstić information content (AvgIpc) is 3.09. The summed E-state index contributed by atoms with van der Waals surface area (Å²) in [5, 5.41) is 0. The number of allylic oxidation sites excluding steroid dienone is 2. The normalized spacial score (nSPS) is 33.7. The maximum Gasteiger partial charge on any atom is 0.241 e. The second kappa shape index (κ2) is 4.06. The van der Waals surface area contributed by atoms with Gasteiger partial charge in [0.2, 0.25) is 11.8 Å². The van der Waals surface area contributed by atoms with Gasteiger partial charge in [0.05, 0.1) is 11.1 Å². The summed E-state index contributed by atoms with van der Waals surface area (Å²) >= 11 is 0. The summed E-state index contributed by atoms with van der Waals surface area (Å²) in [6.07, 6.45) is 6.64. The van der Waals surface area contributed by atoms with Crippen LogP contribution in [0.5, 0.6) is 0 Å². The summed E-state index contributed by atoms with van der Waals surface area (Å²) < 4.78 is 0. The Morgan fingerprint density at radius 3 is 2.57 bits per heavy atom. The van der Waals surface area contributed by atoms with E-state index in [-0.39, 0.29) is 17.7 Å². The molecule has 3 atom stereocenters. The highest BCUT2D eigenvalue weighted by Gasteiger charge is 2.60. The molecule has 108 valence electrons. The molecule has 1 heterocycles. The van der Waals surface area contributed by atoms with Crippen molar-refractivity contribution in [2.24, 2.45) is 17.3 Å². The molecule has 2 amide bonds. The highest BCUT2D eigenvalue weighted by molar-refractivity contribution is 6.23. The van der Waals surface area contributed by atoms with Crippen molar-refractivity contribution in [2.75, 3.05) is 4.90 Å². The smallest absolute Gasteiger partial charge is 0.241 e. The molecule has 1 aromatic rings. The van der Waals surface area contributed by atoms with E-state index in [2.05, 4.69) is 12.2 Å². The number of nitrogens with zero attached hydrogens (tertiary/aromatic N) is 1. The average molecular weight is 281 g/mol. The van der Waals surface area contributed by atoms with Crippen LogP contribution >= 0.6 is 0 Å². The fourth-order valence-corrected chi connectivity index (χ4v) is 4.29. The van der Waals surface area contributed by atoms with E-state index in [0.717, 1.165) is 24.1 Å². The molecule has 3 heteroatoms. The van der Waals surface area contributed by atoms with Crippen LogP contribution in [-0.2, 0) is 9.59 Å². The van der Waals surface area contributed by atoms with Crippen LogP contribution in [0.25, 0.3) is 0 Å². The van der Waals surface area contributed by atoms with Crippen LogP contribution in [0.4, 0.5) is 5.69 Å². The van der Waals surface area contributed by atoms with E-state index in [9.17, 15) is 9.59 Å². The Morgan fingerprint density at radius 2 is 1.95 bits per heavy atom. The number of aryl methyl sites for hydroxylation is 2. The maximum atomic E-state index is 13.0. The van der Waals surface area contributed by atoms with Gasteiger partial charge in [-0.25, -0.2) is 0 Å². The molecular weight excluding hydrogens is 262 g/mol. The lowest BCUT2D eigenvalue weighted by atomic mass is 9.74. The number of hydrogen-bond donors (Lipinski definition) is 0. The van der Waals surface area contributed by atoms with Crippen molar-refractivity contribution >= 4 is 17.5 Å². The lowest BCUT2D eigenvalue weighted by Gasteiger charge is -2.28. The zero-order valence-electron chi connectivity index (χ0n) is 12.4. The Labute approximate surface area is 124 Å². The number of hydrogen-bond acceptors (Lipinski definition) is 2. The quantitative estimate of drug-likeness (QED) is 0.586. The Bertz CT molecular complexity index is 690. The number of carbonyl (C=O) groups is 2. The molecule has 0 unspecified atom stereocenters. The molecule has 2 aliphatic carbocycles. The second-order valence-electron chi connectivity index (χ2n) is 6.83. The van der Waals surface area contributed by atoms with E-state index in [0.29, 0.717) is 12.3 Å².